The Bertz CT molecular complexity index is 4780. The zero-order valence-electron chi connectivity index (χ0n) is 54.5. The van der Waals surface area contributed by atoms with Crippen molar-refractivity contribution in [2.75, 3.05) is 0 Å². The zero-order valence-corrected chi connectivity index (χ0v) is 54.5. The maximum atomic E-state index is 7.33. The molecule has 1 nitrogen and oxygen atoms in total. The van der Waals surface area contributed by atoms with Crippen molar-refractivity contribution in [1.29, 1.82) is 0 Å². The van der Waals surface area contributed by atoms with Crippen LogP contribution in [-0.2, 0) is 0 Å². The molecule has 0 saturated carbocycles. The molecule has 1 heterocycles. The third kappa shape index (κ3) is 7.13. The van der Waals surface area contributed by atoms with Gasteiger partial charge in [-0.05, 0) is 87.2 Å². The second kappa shape index (κ2) is 19.1. The van der Waals surface area contributed by atoms with Gasteiger partial charge in [0.1, 0.15) is 239 Å². The van der Waals surface area contributed by atoms with Gasteiger partial charge in [0.15, 0.2) is 0 Å². The summed E-state index contributed by atoms with van der Waals surface area (Å²) in [7, 11) is 69.0. The number of rotatable bonds is 3. The Hall–Kier alpha value is -4.82. The van der Waals surface area contributed by atoms with Gasteiger partial charge in [0.05, 0.1) is 0 Å². The van der Waals surface area contributed by atoms with Crippen molar-refractivity contribution >= 4 is 462 Å². The molecule has 352 valence electrons. The van der Waals surface area contributed by atoms with Gasteiger partial charge in [-0.15, -0.1) is 54.6 Å². The number of fused-ring (bicyclic) bond motifs is 9. The van der Waals surface area contributed by atoms with Crippen LogP contribution in [0.25, 0.3) is 109 Å². The average Bonchev–Trinajstić information content (AvgIpc) is 3.97. The molecule has 80 heavy (non-hydrogen) atoms. The average molecular weight is 990 g/mol. The van der Waals surface area contributed by atoms with E-state index in [0.717, 1.165) is 11.2 Å². The molecule has 0 saturated heterocycles. The molecule has 0 radical (unpaired) electrons. The quantitative estimate of drug-likeness (QED) is 0.127. The van der Waals surface area contributed by atoms with Gasteiger partial charge < -0.3 is 4.42 Å². The molecule has 30 heteroatoms. The molecule has 0 N–H and O–H groups in total. The highest BCUT2D eigenvalue weighted by atomic mass is 16.3. The summed E-state index contributed by atoms with van der Waals surface area (Å²) >= 11 is 0. The molecule has 0 spiro atoms. The van der Waals surface area contributed by atoms with Crippen LogP contribution >= 0.6 is 0 Å². The topological polar surface area (TPSA) is 13.1 Å². The van der Waals surface area contributed by atoms with Crippen LogP contribution in [0, 0.1) is 0 Å². The predicted octanol–water partition coefficient (Wildman–Crippen LogP) is -36.2. The molecular formula is C50H59B29O. The molecule has 0 amide bonds. The van der Waals surface area contributed by atoms with Crippen molar-refractivity contribution in [2.24, 2.45) is 0 Å². The fourth-order valence-electron chi connectivity index (χ4n) is 16.0. The van der Waals surface area contributed by atoms with E-state index in [2.05, 4.69) is 234 Å². The van der Waals surface area contributed by atoms with E-state index >= 15 is 0 Å². The molecule has 0 unspecified atom stereocenters. The zero-order chi connectivity index (χ0) is 58.7. The van der Waals surface area contributed by atoms with Gasteiger partial charge in [-0.1, -0.05) is 110 Å². The Labute approximate surface area is 502 Å². The minimum Gasteiger partial charge on any atom is -0.457 e. The SMILES string of the molecule is Bc1cc2c(-c3c(B)c(B)c(-c4c5c(B)c(B)c(B)c(B)c5c(-c5c(B)c(B)c6oc7c(B)c(B)c8c(B)c(B)c(B)c(B)c8c7c6c5B)c5c(B)c(B)c(B)c(B)c45)c4c(B)c(B)c(B)c(B)c34)c(B)c(B)c(B)c2c(B)c1B. The fourth-order valence-corrected chi connectivity index (χ4v) is 16.0. The normalized spacial score (nSPS) is 11.9. The van der Waals surface area contributed by atoms with Crippen LogP contribution in [0.2, 0.25) is 0 Å². The minimum absolute atomic E-state index is 1.02. The van der Waals surface area contributed by atoms with Crippen LogP contribution in [0.1, 0.15) is 0 Å². The third-order valence-corrected chi connectivity index (χ3v) is 23.1. The van der Waals surface area contributed by atoms with Crippen LogP contribution in [-0.4, -0.2) is 228 Å². The van der Waals surface area contributed by atoms with E-state index in [-0.39, 0.29) is 0 Å². The highest BCUT2D eigenvalue weighted by Crippen LogP contribution is 2.43. The number of hydrogen-bond donors (Lipinski definition) is 0. The lowest BCUT2D eigenvalue weighted by atomic mass is 9.56. The first-order valence-electron chi connectivity index (χ1n) is 29.7. The summed E-state index contributed by atoms with van der Waals surface area (Å²) in [4.78, 5) is 0. The first-order chi connectivity index (χ1) is 37.4. The van der Waals surface area contributed by atoms with Crippen molar-refractivity contribution in [3.8, 4) is 33.4 Å². The molecule has 0 aliphatic carbocycles. The molecule has 1 aromatic heterocycles. The Morgan fingerprint density at radius 2 is 0.425 bits per heavy atom. The predicted molar refractivity (Wildman–Crippen MR) is 455 cm³/mol. The maximum absolute atomic E-state index is 7.33. The summed E-state index contributed by atoms with van der Waals surface area (Å²) in [5, 5.41) is 16.4. The monoisotopic (exact) mass is 995 g/mol. The standard InChI is InChI=1S/C50H59B29O/c51-3-1-2-4(23(54)38(69)25(56)5(2)24(55)21(3)52)8-14-15(33(64)44(75)43(74)32(14)63)11(27(58)26(8)57)6-9-12(30(61)41(72)39(70)28(9)59)7(13-10(6)29(60)40(71)42(73)31(13)62)18-22(53)20-17-16-19(35(66)46(77)45(76)34(16)65)37(68)47(78)49(17)80-50(20)48(79)36(18)67/h1H,51-79H2. The van der Waals surface area contributed by atoms with Gasteiger partial charge in [0.2, 0.25) is 0 Å². The second-order valence-electron chi connectivity index (χ2n) is 25.9. The fraction of sp³-hybridized carbons (Fsp3) is 0. The van der Waals surface area contributed by atoms with Gasteiger partial charge in [0, 0.05) is 10.8 Å². The van der Waals surface area contributed by atoms with Gasteiger partial charge in [0.25, 0.3) is 0 Å². The first-order valence-corrected chi connectivity index (χ1v) is 29.7. The molecule has 11 rings (SSSR count). The largest absolute Gasteiger partial charge is 0.457 e. The number of hydrogen-bond acceptors (Lipinski definition) is 1. The summed E-state index contributed by atoms with van der Waals surface area (Å²) in [6.07, 6.45) is 0. The summed E-state index contributed by atoms with van der Waals surface area (Å²) in [6, 6.07) is 2.52. The van der Waals surface area contributed by atoms with E-state index in [4.69, 9.17) is 4.42 Å². The lowest BCUT2D eigenvalue weighted by molar-refractivity contribution is 0.675. The maximum Gasteiger partial charge on any atom is 0.143 e. The molecule has 10 aromatic carbocycles. The van der Waals surface area contributed by atoms with Gasteiger partial charge in [-0.2, -0.15) is 0 Å². The summed E-state index contributed by atoms with van der Waals surface area (Å²) in [5.41, 5.74) is 49.9. The number of furan rings is 1. The van der Waals surface area contributed by atoms with E-state index in [9.17, 15) is 0 Å². The Morgan fingerprint density at radius 3 is 0.850 bits per heavy atom. The van der Waals surface area contributed by atoms with E-state index in [1.54, 1.807) is 0 Å². The Kier molecular flexibility index (Phi) is 13.6. The molecule has 11 aromatic rings. The van der Waals surface area contributed by atoms with Gasteiger partial charge in [-0.25, -0.2) is 0 Å². The van der Waals surface area contributed by atoms with Crippen molar-refractivity contribution < 1.29 is 4.42 Å². The van der Waals surface area contributed by atoms with E-state index in [1.807, 2.05) is 0 Å². The summed E-state index contributed by atoms with van der Waals surface area (Å²) < 4.78 is 7.33. The van der Waals surface area contributed by atoms with Gasteiger partial charge >= 0.3 is 0 Å². The van der Waals surface area contributed by atoms with E-state index in [1.165, 1.54) is 256 Å². The van der Waals surface area contributed by atoms with Crippen LogP contribution in [0.5, 0.6) is 0 Å². The van der Waals surface area contributed by atoms with Crippen LogP contribution < -0.4 is 158 Å². The molecule has 0 atom stereocenters. The van der Waals surface area contributed by atoms with Crippen molar-refractivity contribution in [3.05, 3.63) is 6.07 Å². The Balaban J connectivity index is 1.45. The molecular weight excluding hydrogens is 930 g/mol. The second-order valence-corrected chi connectivity index (χ2v) is 25.9. The van der Waals surface area contributed by atoms with E-state index in [0.29, 0.717) is 0 Å². The summed E-state index contributed by atoms with van der Waals surface area (Å²) in [6.45, 7) is 0. The van der Waals surface area contributed by atoms with Crippen molar-refractivity contribution in [1.82, 2.24) is 0 Å². The lowest BCUT2D eigenvalue weighted by Gasteiger charge is -2.33. The first kappa shape index (κ1) is 57.0. The smallest absolute Gasteiger partial charge is 0.143 e. The van der Waals surface area contributed by atoms with Crippen LogP contribution in [0.4, 0.5) is 0 Å². The number of benzene rings is 10. The third-order valence-electron chi connectivity index (χ3n) is 23.1. The minimum atomic E-state index is 1.02. The van der Waals surface area contributed by atoms with Crippen molar-refractivity contribution in [2.45, 2.75) is 0 Å². The lowest BCUT2D eigenvalue weighted by Crippen LogP contribution is -2.51. The Morgan fingerprint density at radius 1 is 0.163 bits per heavy atom. The van der Waals surface area contributed by atoms with Crippen molar-refractivity contribution in [3.63, 3.8) is 0 Å². The molecule has 0 aliphatic rings. The molecule has 0 bridgehead atoms. The van der Waals surface area contributed by atoms with Crippen LogP contribution in [0.15, 0.2) is 10.5 Å². The van der Waals surface area contributed by atoms with Gasteiger partial charge in [-0.3, -0.25) is 0 Å². The molecule has 0 fully saturated rings. The highest BCUT2D eigenvalue weighted by molar-refractivity contribution is 6.78. The van der Waals surface area contributed by atoms with Crippen LogP contribution in [0.3, 0.4) is 0 Å². The highest BCUT2D eigenvalue weighted by Gasteiger charge is 2.33. The van der Waals surface area contributed by atoms with E-state index < -0.39 is 0 Å². The summed E-state index contributed by atoms with van der Waals surface area (Å²) in [5.74, 6) is 0. The molecule has 0 aliphatic heterocycles.